The number of hydrogen-bond acceptors (Lipinski definition) is 5. The van der Waals surface area contributed by atoms with Gasteiger partial charge in [0.2, 0.25) is 0 Å². The number of esters is 1. The van der Waals surface area contributed by atoms with Crippen molar-refractivity contribution in [1.29, 1.82) is 0 Å². The monoisotopic (exact) mass is 732 g/mol. The normalized spacial score (nSPS) is 17.0. The zero-order valence-corrected chi connectivity index (χ0v) is 35.6. The molecule has 2 aromatic carbocycles. The maximum atomic E-state index is 13.4. The molecule has 0 fully saturated rings. The molecule has 1 aliphatic heterocycles. The minimum atomic E-state index is -2.56. The van der Waals surface area contributed by atoms with Crippen LogP contribution in [0, 0.1) is 55.8 Å². The molecule has 1 aliphatic rings. The summed E-state index contributed by atoms with van der Waals surface area (Å²) in [6, 6.07) is 6.79. The lowest BCUT2D eigenvalue weighted by atomic mass is 9.83. The fourth-order valence-electron chi connectivity index (χ4n) is 7.13. The number of benzene rings is 2. The molecule has 288 valence electrons. The Hall–Kier alpha value is -3.04. The standard InChI is InChI=1S/C46H68O5S/c1-31(2)17-14-18-32(3)19-15-20-33(4)21-16-29-46(11)30-28-39-36(7)41(34(5)35(6)42(39)51-46)50-44(48)38-25-22-37(23-26-38)24-27-40(52(12,13)49)43(47)45(8,9)10/h22-23,25-26,31-33H,14-21,28-30H2,1-13H3/t32-,33-,46+/m1/s1. The molecule has 3 rings (SSSR count). The third-order valence-corrected chi connectivity index (χ3v) is 12.1. The molecule has 0 bridgehead atoms. The van der Waals surface area contributed by atoms with Gasteiger partial charge in [0.1, 0.15) is 22.0 Å². The largest absolute Gasteiger partial charge is 0.487 e. The van der Waals surface area contributed by atoms with Crippen LogP contribution < -0.4 is 9.47 Å². The van der Waals surface area contributed by atoms with Gasteiger partial charge in [0.05, 0.1) is 5.56 Å². The molecule has 3 atom stereocenters. The Morgan fingerprint density at radius 3 is 1.96 bits per heavy atom. The Balaban J connectivity index is 1.62. The van der Waals surface area contributed by atoms with E-state index in [9.17, 15) is 13.8 Å². The maximum absolute atomic E-state index is 13.4. The first-order chi connectivity index (χ1) is 24.1. The quantitative estimate of drug-likeness (QED) is 0.0789. The van der Waals surface area contributed by atoms with Crippen LogP contribution in [0.4, 0.5) is 0 Å². The average molecular weight is 733 g/mol. The Labute approximate surface area is 317 Å². The third kappa shape index (κ3) is 12.3. The van der Waals surface area contributed by atoms with E-state index in [4.69, 9.17) is 9.47 Å². The van der Waals surface area contributed by atoms with Gasteiger partial charge < -0.3 is 9.47 Å². The molecule has 0 radical (unpaired) electrons. The van der Waals surface area contributed by atoms with E-state index in [0.717, 1.165) is 65.0 Å². The molecule has 0 saturated heterocycles. The first-order valence-electron chi connectivity index (χ1n) is 19.6. The molecule has 2 aromatic rings. The highest BCUT2D eigenvalue weighted by Gasteiger charge is 2.35. The number of Topliss-reactive ketones (excluding diaryl/α,β-unsaturated/α-hetero) is 1. The van der Waals surface area contributed by atoms with Gasteiger partial charge in [0.25, 0.3) is 0 Å². The lowest BCUT2D eigenvalue weighted by molar-refractivity contribution is -0.119. The van der Waals surface area contributed by atoms with Crippen molar-refractivity contribution < 1.29 is 23.3 Å². The van der Waals surface area contributed by atoms with Crippen LogP contribution in [0.25, 0.3) is 0 Å². The zero-order valence-electron chi connectivity index (χ0n) is 34.8. The van der Waals surface area contributed by atoms with E-state index in [0.29, 0.717) is 16.9 Å². The zero-order chi connectivity index (χ0) is 39.0. The third-order valence-electron chi connectivity index (χ3n) is 10.9. The van der Waals surface area contributed by atoms with Crippen LogP contribution in [0.1, 0.15) is 158 Å². The van der Waals surface area contributed by atoms with E-state index in [-0.39, 0.29) is 16.2 Å². The van der Waals surface area contributed by atoms with Crippen LogP contribution >= 0.6 is 0 Å². The molecule has 0 amide bonds. The summed E-state index contributed by atoms with van der Waals surface area (Å²) in [6.45, 7) is 23.2. The summed E-state index contributed by atoms with van der Waals surface area (Å²) in [7, 11) is -2.56. The van der Waals surface area contributed by atoms with Crippen molar-refractivity contribution in [3.63, 3.8) is 0 Å². The van der Waals surface area contributed by atoms with Crippen molar-refractivity contribution in [1.82, 2.24) is 0 Å². The molecule has 1 heterocycles. The molecular formula is C46H68O5S. The molecule has 5 nitrogen and oxygen atoms in total. The second-order valence-corrected chi connectivity index (χ2v) is 20.7. The van der Waals surface area contributed by atoms with E-state index in [1.165, 1.54) is 63.9 Å². The van der Waals surface area contributed by atoms with E-state index >= 15 is 0 Å². The van der Waals surface area contributed by atoms with Gasteiger partial charge in [0, 0.05) is 29.1 Å². The lowest BCUT2D eigenvalue weighted by Gasteiger charge is -2.38. The number of rotatable bonds is 15. The number of ether oxygens (including phenoxy) is 2. The van der Waals surface area contributed by atoms with Crippen molar-refractivity contribution in [2.45, 2.75) is 152 Å². The van der Waals surface area contributed by atoms with Gasteiger partial charge in [-0.15, -0.1) is 0 Å². The summed E-state index contributed by atoms with van der Waals surface area (Å²) in [5.41, 5.74) is 4.15. The van der Waals surface area contributed by atoms with Crippen LogP contribution in [0.15, 0.2) is 24.3 Å². The van der Waals surface area contributed by atoms with E-state index in [1.807, 2.05) is 13.8 Å². The summed E-state index contributed by atoms with van der Waals surface area (Å²) in [6.07, 6.45) is 16.4. The van der Waals surface area contributed by atoms with Crippen molar-refractivity contribution >= 4 is 26.1 Å². The first kappa shape index (κ1) is 43.4. The Kier molecular flexibility index (Phi) is 15.3. The smallest absolute Gasteiger partial charge is 0.343 e. The van der Waals surface area contributed by atoms with Gasteiger partial charge in [-0.25, -0.2) is 4.79 Å². The van der Waals surface area contributed by atoms with E-state index in [2.05, 4.69) is 53.4 Å². The summed E-state index contributed by atoms with van der Waals surface area (Å²) < 4.78 is 25.7. The number of carbonyl (C=O) groups is 2. The highest BCUT2D eigenvalue weighted by molar-refractivity contribution is 8.02. The van der Waals surface area contributed by atoms with Crippen LogP contribution in [0.5, 0.6) is 11.5 Å². The summed E-state index contributed by atoms with van der Waals surface area (Å²) in [5, 5.41) is 0. The van der Waals surface area contributed by atoms with Crippen LogP contribution in [0.3, 0.4) is 0 Å². The fraction of sp³-hybridized carbons (Fsp3) is 0.630. The predicted octanol–water partition coefficient (Wildman–Crippen LogP) is 11.0. The Bertz CT molecular complexity index is 1750. The summed E-state index contributed by atoms with van der Waals surface area (Å²) >= 11 is 0. The molecule has 0 spiro atoms. The first-order valence-corrected chi connectivity index (χ1v) is 22.0. The molecule has 6 heteroatoms. The molecule has 0 unspecified atom stereocenters. The molecule has 0 aromatic heterocycles. The fourth-order valence-corrected chi connectivity index (χ4v) is 8.18. The Morgan fingerprint density at radius 2 is 1.42 bits per heavy atom. The van der Waals surface area contributed by atoms with Crippen molar-refractivity contribution in [2.75, 3.05) is 12.5 Å². The Morgan fingerprint density at radius 1 is 0.865 bits per heavy atom. The second kappa shape index (κ2) is 18.3. The van der Waals surface area contributed by atoms with E-state index < -0.39 is 20.9 Å². The van der Waals surface area contributed by atoms with Crippen molar-refractivity contribution in [3.05, 3.63) is 57.6 Å². The van der Waals surface area contributed by atoms with Crippen LogP contribution in [0.2, 0.25) is 0 Å². The second-order valence-electron chi connectivity index (χ2n) is 17.8. The molecule has 0 N–H and O–H groups in total. The molecule has 52 heavy (non-hydrogen) atoms. The number of hydrogen-bond donors (Lipinski definition) is 0. The van der Waals surface area contributed by atoms with Gasteiger partial charge in [-0.2, -0.15) is 0 Å². The highest BCUT2D eigenvalue weighted by atomic mass is 32.2. The highest BCUT2D eigenvalue weighted by Crippen LogP contribution is 2.45. The number of fused-ring (bicyclic) bond motifs is 1. The number of ketones is 1. The van der Waals surface area contributed by atoms with Crippen molar-refractivity contribution in [3.8, 4) is 23.3 Å². The van der Waals surface area contributed by atoms with Gasteiger partial charge in [0.15, 0.2) is 5.78 Å². The van der Waals surface area contributed by atoms with Gasteiger partial charge >= 0.3 is 5.97 Å². The van der Waals surface area contributed by atoms with Gasteiger partial charge in [-0.05, 0) is 128 Å². The van der Waals surface area contributed by atoms with Crippen LogP contribution in [-0.4, -0.2) is 38.9 Å². The van der Waals surface area contributed by atoms with Crippen molar-refractivity contribution in [2.24, 2.45) is 23.2 Å². The molecule has 0 saturated carbocycles. The average Bonchev–Trinajstić information content (AvgIpc) is 3.04. The van der Waals surface area contributed by atoms with Gasteiger partial charge in [-0.1, -0.05) is 99.3 Å². The maximum Gasteiger partial charge on any atom is 0.343 e. The molecule has 0 aliphatic carbocycles. The lowest BCUT2D eigenvalue weighted by Crippen LogP contribution is -2.37. The van der Waals surface area contributed by atoms with E-state index in [1.54, 1.807) is 45.0 Å². The number of carbonyl (C=O) groups excluding carboxylic acids is 2. The summed E-state index contributed by atoms with van der Waals surface area (Å²) in [5.74, 6) is 9.12. The van der Waals surface area contributed by atoms with Crippen LogP contribution in [-0.2, 0) is 20.7 Å². The minimum absolute atomic E-state index is 0.134. The predicted molar refractivity (Wildman–Crippen MR) is 220 cm³/mol. The van der Waals surface area contributed by atoms with Gasteiger partial charge in [-0.3, -0.25) is 9.00 Å². The minimum Gasteiger partial charge on any atom is -0.487 e. The topological polar surface area (TPSA) is 69.7 Å². The summed E-state index contributed by atoms with van der Waals surface area (Å²) in [4.78, 5) is 26.4. The molecular weight excluding hydrogens is 665 g/mol. The SMILES string of the molecule is Cc1c(C)c2c(c(C)c1OC(=O)c1ccc(C#CC(C(=O)C(C)(C)C)=S(C)(C)=O)cc1)CC[C@](C)(CCC[C@H](C)CCC[C@H](C)CCCC(C)C)O2.